The van der Waals surface area contributed by atoms with E-state index in [1.165, 1.54) is 44.2 Å². The maximum atomic E-state index is 10.9. The predicted octanol–water partition coefficient (Wildman–Crippen LogP) is -2.99. The van der Waals surface area contributed by atoms with Crippen LogP contribution in [0.15, 0.2) is 36.4 Å². The SMILES string of the molecule is COC1(c2ccc3cc(OP(=O)([O-])[O-])ccc3c2)OOC12C1CC3CC(C1)CC2C3.[Na+].[Na+]. The van der Waals surface area contributed by atoms with Crippen molar-refractivity contribution in [2.45, 2.75) is 43.5 Å². The van der Waals surface area contributed by atoms with Crippen LogP contribution in [0.3, 0.4) is 0 Å². The Labute approximate surface area is 231 Å². The molecule has 2 aromatic rings. The number of hydrogen-bond donors (Lipinski definition) is 0. The van der Waals surface area contributed by atoms with Crippen molar-refractivity contribution in [3.05, 3.63) is 42.0 Å². The molecule has 0 N–H and O–H groups in total. The normalized spacial score (nSPS) is 37.0. The summed E-state index contributed by atoms with van der Waals surface area (Å²) in [6.07, 6.45) is 6.02. The van der Waals surface area contributed by atoms with Gasteiger partial charge in [-0.25, -0.2) is 4.89 Å². The fourth-order valence-corrected chi connectivity index (χ4v) is 7.34. The van der Waals surface area contributed by atoms with Crippen molar-refractivity contribution >= 4 is 18.6 Å². The van der Waals surface area contributed by atoms with E-state index < -0.39 is 19.2 Å². The van der Waals surface area contributed by atoms with Crippen molar-refractivity contribution in [1.29, 1.82) is 0 Å². The molecule has 0 aromatic heterocycles. The van der Waals surface area contributed by atoms with E-state index in [9.17, 15) is 14.4 Å². The molecule has 1 spiro atoms. The van der Waals surface area contributed by atoms with E-state index in [4.69, 9.17) is 14.5 Å². The molecule has 1 saturated heterocycles. The number of hydrogen-bond acceptors (Lipinski definition) is 7. The smallest absolute Gasteiger partial charge is 0.780 e. The number of methoxy groups -OCH3 is 1. The first-order valence-electron chi connectivity index (χ1n) is 10.5. The summed E-state index contributed by atoms with van der Waals surface area (Å²) in [6.45, 7) is 0. The Balaban J connectivity index is 0.00000122. The second-order valence-corrected chi connectivity index (χ2v) is 10.4. The second-order valence-electron chi connectivity index (χ2n) is 9.35. The first kappa shape index (κ1) is 25.6. The van der Waals surface area contributed by atoms with Gasteiger partial charge in [-0.15, -0.1) is 0 Å². The molecule has 1 atom stereocenters. The molecule has 4 saturated carbocycles. The standard InChI is InChI=1S/C22H25O7P.2Na/c1-26-22(21(28-29-22)18-7-13-6-14(9-18)10-19(21)8-13)17-4-2-16-12-20(27-30(23,24)25)5-3-15(16)11-17;;/h2-5,11-14,18-19H,6-10H2,1H3,(H2,23,24,25);;/q;2*+1/p-2. The van der Waals surface area contributed by atoms with Gasteiger partial charge in [-0.3, -0.25) is 0 Å². The third-order valence-corrected chi connectivity index (χ3v) is 8.29. The molecular formula is C22H23Na2O7P. The largest absolute Gasteiger partial charge is 1.00 e. The van der Waals surface area contributed by atoms with Gasteiger partial charge in [-0.1, -0.05) is 18.2 Å². The molecule has 4 bridgehead atoms. The molecule has 10 heteroatoms. The van der Waals surface area contributed by atoms with Gasteiger partial charge < -0.3 is 23.6 Å². The number of ether oxygens (including phenoxy) is 1. The van der Waals surface area contributed by atoms with Crippen LogP contribution < -0.4 is 73.4 Å². The van der Waals surface area contributed by atoms with Crippen LogP contribution >= 0.6 is 7.82 Å². The Morgan fingerprint density at radius 2 is 1.50 bits per heavy atom. The summed E-state index contributed by atoms with van der Waals surface area (Å²) in [4.78, 5) is 33.6. The minimum absolute atomic E-state index is 0. The van der Waals surface area contributed by atoms with Gasteiger partial charge >= 0.3 is 59.1 Å². The predicted molar refractivity (Wildman–Crippen MR) is 103 cm³/mol. The number of phosphoric acid groups is 1. The second kappa shape index (κ2) is 8.88. The molecule has 2 aromatic carbocycles. The molecule has 32 heavy (non-hydrogen) atoms. The van der Waals surface area contributed by atoms with Crippen molar-refractivity contribution in [2.24, 2.45) is 23.7 Å². The minimum atomic E-state index is -5.09. The molecule has 0 radical (unpaired) electrons. The fourth-order valence-electron chi connectivity index (χ4n) is 6.97. The van der Waals surface area contributed by atoms with Crippen LogP contribution in [0.5, 0.6) is 5.75 Å². The van der Waals surface area contributed by atoms with Gasteiger partial charge in [0, 0.05) is 12.7 Å². The Morgan fingerprint density at radius 1 is 0.906 bits per heavy atom. The number of fused-ring (bicyclic) bond motifs is 1. The van der Waals surface area contributed by atoms with Crippen molar-refractivity contribution in [3.63, 3.8) is 0 Å². The summed E-state index contributed by atoms with van der Waals surface area (Å²) in [5.41, 5.74) is 0.437. The molecule has 7 nitrogen and oxygen atoms in total. The zero-order chi connectivity index (χ0) is 20.7. The van der Waals surface area contributed by atoms with Crippen molar-refractivity contribution in [2.75, 3.05) is 7.11 Å². The first-order chi connectivity index (χ1) is 14.3. The summed E-state index contributed by atoms with van der Waals surface area (Å²) < 4.78 is 21.5. The summed E-state index contributed by atoms with van der Waals surface area (Å²) in [7, 11) is -3.42. The molecule has 1 aliphatic heterocycles. The van der Waals surface area contributed by atoms with E-state index in [-0.39, 0.29) is 64.9 Å². The van der Waals surface area contributed by atoms with Crippen LogP contribution in [-0.4, -0.2) is 12.7 Å². The molecule has 160 valence electrons. The molecule has 5 aliphatic rings. The first-order valence-corrected chi connectivity index (χ1v) is 12.0. The average molecular weight is 476 g/mol. The zero-order valence-corrected chi connectivity index (χ0v) is 23.5. The van der Waals surface area contributed by atoms with Gasteiger partial charge in [0.25, 0.3) is 5.79 Å². The van der Waals surface area contributed by atoms with Crippen molar-refractivity contribution in [3.8, 4) is 5.75 Å². The molecular weight excluding hydrogens is 453 g/mol. The van der Waals surface area contributed by atoms with Crippen LogP contribution in [-0.2, 0) is 24.9 Å². The average Bonchev–Trinajstić information content (AvgIpc) is 2.66. The Hall–Kier alpha value is 0.530. The molecule has 5 fully saturated rings. The van der Waals surface area contributed by atoms with Gasteiger partial charge in [0.1, 0.15) is 13.6 Å². The summed E-state index contributed by atoms with van der Waals surface area (Å²) in [5, 5.41) is 1.63. The van der Waals surface area contributed by atoms with Gasteiger partial charge in [0.05, 0.1) is 0 Å². The molecule has 4 aliphatic carbocycles. The number of benzene rings is 2. The van der Waals surface area contributed by atoms with Gasteiger partial charge in [-0.2, -0.15) is 4.89 Å². The third kappa shape index (κ3) is 3.73. The van der Waals surface area contributed by atoms with Gasteiger partial charge in [0.2, 0.25) is 0 Å². The summed E-state index contributed by atoms with van der Waals surface area (Å²) in [5.74, 6) is 1.51. The van der Waals surface area contributed by atoms with E-state index in [1.807, 2.05) is 18.2 Å². The number of phosphoric ester groups is 1. The Kier molecular flexibility index (Phi) is 7.11. The zero-order valence-electron chi connectivity index (χ0n) is 18.6. The van der Waals surface area contributed by atoms with Crippen LogP contribution in [0.25, 0.3) is 10.8 Å². The number of rotatable bonds is 4. The minimum Gasteiger partial charge on any atom is -0.780 e. The van der Waals surface area contributed by atoms with Crippen molar-refractivity contribution < 1.29 is 92.5 Å². The molecule has 7 rings (SSSR count). The maximum absolute atomic E-state index is 10.9. The van der Waals surface area contributed by atoms with E-state index in [2.05, 4.69) is 4.52 Å². The van der Waals surface area contributed by atoms with Crippen LogP contribution in [0.2, 0.25) is 0 Å². The van der Waals surface area contributed by atoms with Crippen LogP contribution in [0.4, 0.5) is 0 Å². The van der Waals surface area contributed by atoms with E-state index in [0.717, 1.165) is 28.2 Å². The fraction of sp³-hybridized carbons (Fsp3) is 0.545. The van der Waals surface area contributed by atoms with Gasteiger partial charge in [-0.05, 0) is 84.7 Å². The van der Waals surface area contributed by atoms with E-state index in [1.54, 1.807) is 13.2 Å². The summed E-state index contributed by atoms with van der Waals surface area (Å²) >= 11 is 0. The maximum Gasteiger partial charge on any atom is 1.00 e. The Morgan fingerprint density at radius 3 is 2.03 bits per heavy atom. The summed E-state index contributed by atoms with van der Waals surface area (Å²) in [6, 6.07) is 10.5. The van der Waals surface area contributed by atoms with Gasteiger partial charge in [0.15, 0.2) is 5.60 Å². The topological polar surface area (TPSA) is 100 Å². The molecule has 0 amide bonds. The van der Waals surface area contributed by atoms with E-state index in [0.29, 0.717) is 11.8 Å². The Bertz CT molecular complexity index is 1040. The molecule has 1 unspecified atom stereocenters. The quantitative estimate of drug-likeness (QED) is 0.264. The third-order valence-electron chi connectivity index (χ3n) is 7.86. The van der Waals surface area contributed by atoms with E-state index >= 15 is 0 Å². The van der Waals surface area contributed by atoms with Crippen molar-refractivity contribution in [1.82, 2.24) is 0 Å². The monoisotopic (exact) mass is 476 g/mol. The van der Waals surface area contributed by atoms with Crippen LogP contribution in [0, 0.1) is 23.7 Å². The molecule has 1 heterocycles. The van der Waals surface area contributed by atoms with Crippen LogP contribution in [0.1, 0.15) is 37.7 Å².